The Kier molecular flexibility index (Phi) is 3.79. The van der Waals surface area contributed by atoms with Crippen molar-refractivity contribution in [1.29, 1.82) is 0 Å². The third kappa shape index (κ3) is 2.50. The molecule has 0 aromatic carbocycles. The SMILES string of the molecule is CCCn1nncc1C1(O)CCC(NC)CC1. The summed E-state index contributed by atoms with van der Waals surface area (Å²) in [7, 11) is 1.98. The fourth-order valence-corrected chi connectivity index (χ4v) is 2.64. The molecule has 0 saturated heterocycles. The summed E-state index contributed by atoms with van der Waals surface area (Å²) in [6.07, 6.45) is 6.31. The quantitative estimate of drug-likeness (QED) is 0.822. The van der Waals surface area contributed by atoms with Crippen LogP contribution in [-0.2, 0) is 12.1 Å². The number of aliphatic hydroxyl groups is 1. The maximum Gasteiger partial charge on any atom is 0.108 e. The van der Waals surface area contributed by atoms with Crippen LogP contribution in [-0.4, -0.2) is 33.2 Å². The lowest BCUT2D eigenvalue weighted by molar-refractivity contribution is -0.0155. The average Bonchev–Trinajstić information content (AvgIpc) is 2.80. The Balaban J connectivity index is 2.12. The van der Waals surface area contributed by atoms with E-state index >= 15 is 0 Å². The van der Waals surface area contributed by atoms with Gasteiger partial charge in [0.15, 0.2) is 0 Å². The summed E-state index contributed by atoms with van der Waals surface area (Å²) in [6, 6.07) is 0.533. The van der Waals surface area contributed by atoms with Crippen LogP contribution < -0.4 is 5.32 Å². The third-order valence-electron chi connectivity index (χ3n) is 3.75. The molecule has 2 rings (SSSR count). The fourth-order valence-electron chi connectivity index (χ4n) is 2.64. The number of nitrogens with zero attached hydrogens (tertiary/aromatic N) is 3. The summed E-state index contributed by atoms with van der Waals surface area (Å²) in [5, 5.41) is 22.0. The number of nitrogens with one attached hydrogen (secondary N) is 1. The lowest BCUT2D eigenvalue weighted by Gasteiger charge is -2.35. The van der Waals surface area contributed by atoms with Crippen LogP contribution in [0.4, 0.5) is 0 Å². The van der Waals surface area contributed by atoms with Crippen molar-refractivity contribution in [2.24, 2.45) is 0 Å². The van der Waals surface area contributed by atoms with Gasteiger partial charge in [0.25, 0.3) is 0 Å². The minimum Gasteiger partial charge on any atom is -0.384 e. The number of aryl methyl sites for hydroxylation is 1. The van der Waals surface area contributed by atoms with Crippen molar-refractivity contribution < 1.29 is 5.11 Å². The first kappa shape index (κ1) is 12.5. The molecule has 96 valence electrons. The molecule has 0 aliphatic heterocycles. The molecule has 5 nitrogen and oxygen atoms in total. The summed E-state index contributed by atoms with van der Waals surface area (Å²) in [4.78, 5) is 0. The minimum absolute atomic E-state index is 0.533. The summed E-state index contributed by atoms with van der Waals surface area (Å²) < 4.78 is 1.85. The van der Waals surface area contributed by atoms with Crippen LogP contribution in [0, 0.1) is 0 Å². The highest BCUT2D eigenvalue weighted by Crippen LogP contribution is 2.36. The molecule has 0 amide bonds. The second-order valence-corrected chi connectivity index (χ2v) is 4.94. The molecule has 1 saturated carbocycles. The molecule has 0 unspecified atom stereocenters. The van der Waals surface area contributed by atoms with E-state index in [0.29, 0.717) is 6.04 Å². The van der Waals surface area contributed by atoms with Gasteiger partial charge < -0.3 is 10.4 Å². The standard InChI is InChI=1S/C12H22N4O/c1-3-8-16-11(9-14-15-16)12(17)6-4-10(13-2)5-7-12/h9-10,13,17H,3-8H2,1-2H3. The predicted octanol–water partition coefficient (Wildman–Crippen LogP) is 1.04. The van der Waals surface area contributed by atoms with Crippen LogP contribution in [0.2, 0.25) is 0 Å². The van der Waals surface area contributed by atoms with E-state index in [9.17, 15) is 5.11 Å². The molecular formula is C12H22N4O. The molecule has 0 radical (unpaired) electrons. The Labute approximate surface area is 102 Å². The monoisotopic (exact) mass is 238 g/mol. The maximum absolute atomic E-state index is 10.7. The van der Waals surface area contributed by atoms with Crippen molar-refractivity contribution >= 4 is 0 Å². The maximum atomic E-state index is 10.7. The molecule has 1 aromatic heterocycles. The van der Waals surface area contributed by atoms with Gasteiger partial charge in [0.2, 0.25) is 0 Å². The minimum atomic E-state index is -0.730. The van der Waals surface area contributed by atoms with Crippen LogP contribution in [0.3, 0.4) is 0 Å². The molecular weight excluding hydrogens is 216 g/mol. The first-order valence-corrected chi connectivity index (χ1v) is 6.48. The van der Waals surface area contributed by atoms with E-state index in [1.165, 1.54) is 0 Å². The number of aromatic nitrogens is 3. The topological polar surface area (TPSA) is 63.0 Å². The normalized spacial score (nSPS) is 29.5. The van der Waals surface area contributed by atoms with E-state index in [2.05, 4.69) is 22.6 Å². The largest absolute Gasteiger partial charge is 0.384 e. The molecule has 1 aromatic rings. The van der Waals surface area contributed by atoms with Gasteiger partial charge >= 0.3 is 0 Å². The van der Waals surface area contributed by atoms with E-state index in [1.54, 1.807) is 6.20 Å². The Morgan fingerprint density at radius 1 is 1.53 bits per heavy atom. The van der Waals surface area contributed by atoms with E-state index in [1.807, 2.05) is 11.7 Å². The van der Waals surface area contributed by atoms with Crippen molar-refractivity contribution in [2.45, 2.75) is 57.2 Å². The lowest BCUT2D eigenvalue weighted by atomic mass is 9.80. The molecule has 0 bridgehead atoms. The third-order valence-corrected chi connectivity index (χ3v) is 3.75. The zero-order chi connectivity index (χ0) is 12.3. The van der Waals surface area contributed by atoms with Gasteiger partial charge in [-0.1, -0.05) is 12.1 Å². The molecule has 1 aliphatic carbocycles. The average molecular weight is 238 g/mol. The summed E-state index contributed by atoms with van der Waals surface area (Å²) >= 11 is 0. The van der Waals surface area contributed by atoms with Gasteiger partial charge in [0.05, 0.1) is 11.9 Å². The van der Waals surface area contributed by atoms with Crippen molar-refractivity contribution in [2.75, 3.05) is 7.05 Å². The molecule has 1 heterocycles. The van der Waals surface area contributed by atoms with Gasteiger partial charge in [-0.25, -0.2) is 4.68 Å². The highest BCUT2D eigenvalue weighted by molar-refractivity contribution is 5.10. The van der Waals surface area contributed by atoms with Gasteiger partial charge in [0, 0.05) is 12.6 Å². The number of hydrogen-bond acceptors (Lipinski definition) is 4. The zero-order valence-electron chi connectivity index (χ0n) is 10.7. The van der Waals surface area contributed by atoms with Gasteiger partial charge in [-0.05, 0) is 39.2 Å². The molecule has 1 fully saturated rings. The zero-order valence-corrected chi connectivity index (χ0v) is 10.7. The molecule has 1 aliphatic rings. The first-order valence-electron chi connectivity index (χ1n) is 6.48. The first-order chi connectivity index (χ1) is 8.19. The molecule has 17 heavy (non-hydrogen) atoms. The van der Waals surface area contributed by atoms with Crippen LogP contribution in [0.25, 0.3) is 0 Å². The Morgan fingerprint density at radius 2 is 2.24 bits per heavy atom. The van der Waals surface area contributed by atoms with Gasteiger partial charge in [0.1, 0.15) is 5.60 Å². The summed E-state index contributed by atoms with van der Waals surface area (Å²) in [6.45, 7) is 2.93. The second-order valence-electron chi connectivity index (χ2n) is 4.94. The Hall–Kier alpha value is -0.940. The predicted molar refractivity (Wildman–Crippen MR) is 65.5 cm³/mol. The molecule has 2 N–H and O–H groups in total. The van der Waals surface area contributed by atoms with E-state index in [0.717, 1.165) is 44.3 Å². The summed E-state index contributed by atoms with van der Waals surface area (Å²) in [5.74, 6) is 0. The van der Waals surface area contributed by atoms with Crippen LogP contribution in [0.1, 0.15) is 44.7 Å². The Morgan fingerprint density at radius 3 is 2.82 bits per heavy atom. The van der Waals surface area contributed by atoms with E-state index < -0.39 is 5.60 Å². The molecule has 5 heteroatoms. The smallest absolute Gasteiger partial charge is 0.108 e. The van der Waals surface area contributed by atoms with Crippen molar-refractivity contribution in [1.82, 2.24) is 20.3 Å². The second kappa shape index (κ2) is 5.14. The highest BCUT2D eigenvalue weighted by Gasteiger charge is 2.37. The van der Waals surface area contributed by atoms with Crippen molar-refractivity contribution in [3.05, 3.63) is 11.9 Å². The number of hydrogen-bond donors (Lipinski definition) is 2. The van der Waals surface area contributed by atoms with E-state index in [4.69, 9.17) is 0 Å². The van der Waals surface area contributed by atoms with Crippen LogP contribution in [0.15, 0.2) is 6.20 Å². The van der Waals surface area contributed by atoms with Gasteiger partial charge in [-0.2, -0.15) is 0 Å². The highest BCUT2D eigenvalue weighted by atomic mass is 16.3. The summed E-state index contributed by atoms with van der Waals surface area (Å²) in [5.41, 5.74) is 0.153. The van der Waals surface area contributed by atoms with Gasteiger partial charge in [-0.15, -0.1) is 5.10 Å². The molecule has 0 atom stereocenters. The van der Waals surface area contributed by atoms with Crippen LogP contribution in [0.5, 0.6) is 0 Å². The van der Waals surface area contributed by atoms with E-state index in [-0.39, 0.29) is 0 Å². The lowest BCUT2D eigenvalue weighted by Crippen LogP contribution is -2.39. The Bertz CT molecular complexity index is 355. The number of rotatable bonds is 4. The fraction of sp³-hybridized carbons (Fsp3) is 0.833. The van der Waals surface area contributed by atoms with Crippen molar-refractivity contribution in [3.63, 3.8) is 0 Å². The van der Waals surface area contributed by atoms with Gasteiger partial charge in [-0.3, -0.25) is 0 Å². The van der Waals surface area contributed by atoms with Crippen molar-refractivity contribution in [3.8, 4) is 0 Å². The van der Waals surface area contributed by atoms with Crippen LogP contribution >= 0.6 is 0 Å². The molecule has 0 spiro atoms.